The van der Waals surface area contributed by atoms with Crippen LogP contribution in [-0.4, -0.2) is 19.5 Å². The van der Waals surface area contributed by atoms with E-state index in [0.717, 1.165) is 28.4 Å². The monoisotopic (exact) mass is 472 g/mol. The smallest absolute Gasteiger partial charge is 0.275 e. The van der Waals surface area contributed by atoms with Gasteiger partial charge in [0.2, 0.25) is 4.96 Å². The fourth-order valence-electron chi connectivity index (χ4n) is 3.72. The van der Waals surface area contributed by atoms with Crippen molar-refractivity contribution in [1.82, 2.24) is 19.5 Å². The van der Waals surface area contributed by atoms with E-state index < -0.39 is 0 Å². The molecule has 0 bridgehead atoms. The zero-order chi connectivity index (χ0) is 22.6. The second-order valence-corrected chi connectivity index (χ2v) is 9.20. The summed E-state index contributed by atoms with van der Waals surface area (Å²) < 4.78 is 1.39. The van der Waals surface area contributed by atoms with Gasteiger partial charge in [-0.15, -0.1) is 0 Å². The van der Waals surface area contributed by atoms with E-state index in [9.17, 15) is 4.79 Å². The fraction of sp³-hybridized carbons (Fsp3) is 0.115. The fourth-order valence-corrected chi connectivity index (χ4v) is 4.78. The maximum Gasteiger partial charge on any atom is 0.275 e. The van der Waals surface area contributed by atoms with E-state index in [4.69, 9.17) is 16.6 Å². The van der Waals surface area contributed by atoms with E-state index in [1.54, 1.807) is 6.07 Å². The minimum atomic E-state index is -0.167. The van der Waals surface area contributed by atoms with Gasteiger partial charge in [0, 0.05) is 36.3 Å². The van der Waals surface area contributed by atoms with Gasteiger partial charge in [-0.05, 0) is 23.3 Å². The normalized spacial score (nSPS) is 11.3. The molecule has 0 saturated heterocycles. The molecule has 0 unspecified atom stereocenters. The van der Waals surface area contributed by atoms with Gasteiger partial charge in [0.25, 0.3) is 5.56 Å². The van der Waals surface area contributed by atoms with E-state index in [2.05, 4.69) is 22.1 Å². The van der Waals surface area contributed by atoms with Gasteiger partial charge < -0.3 is 0 Å². The molecule has 0 aliphatic rings. The molecule has 0 radical (unpaired) electrons. The second kappa shape index (κ2) is 9.67. The minimum Gasteiger partial charge on any atom is -0.289 e. The first-order valence-electron chi connectivity index (χ1n) is 10.6. The summed E-state index contributed by atoms with van der Waals surface area (Å²) in [4.78, 5) is 20.5. The quantitative estimate of drug-likeness (QED) is 0.306. The van der Waals surface area contributed by atoms with Gasteiger partial charge in [-0.3, -0.25) is 9.69 Å². The number of benzene rings is 3. The summed E-state index contributed by atoms with van der Waals surface area (Å²) in [5.41, 5.74) is 3.89. The number of halogens is 1. The van der Waals surface area contributed by atoms with Crippen molar-refractivity contribution in [3.05, 3.63) is 123 Å². The molecule has 164 valence electrons. The highest BCUT2D eigenvalue weighted by molar-refractivity contribution is 7.19. The molecule has 0 aliphatic heterocycles. The third-order valence-electron chi connectivity index (χ3n) is 5.27. The van der Waals surface area contributed by atoms with Crippen molar-refractivity contribution in [1.29, 1.82) is 0 Å². The van der Waals surface area contributed by atoms with Crippen LogP contribution in [0.3, 0.4) is 0 Å². The van der Waals surface area contributed by atoms with E-state index in [1.807, 2.05) is 72.8 Å². The summed E-state index contributed by atoms with van der Waals surface area (Å²) in [7, 11) is 0. The summed E-state index contributed by atoms with van der Waals surface area (Å²) in [6.07, 6.45) is 0. The molecular formula is C26H21ClN4OS. The van der Waals surface area contributed by atoms with Gasteiger partial charge in [-0.2, -0.15) is 9.61 Å². The molecule has 0 amide bonds. The Morgan fingerprint density at radius 2 is 1.45 bits per heavy atom. The molecule has 0 atom stereocenters. The van der Waals surface area contributed by atoms with Crippen LogP contribution < -0.4 is 5.56 Å². The number of hydrogen-bond donors (Lipinski definition) is 0. The molecule has 0 fully saturated rings. The summed E-state index contributed by atoms with van der Waals surface area (Å²) in [5, 5.41) is 5.97. The van der Waals surface area contributed by atoms with Gasteiger partial charge in [0.15, 0.2) is 0 Å². The van der Waals surface area contributed by atoms with E-state index >= 15 is 0 Å². The Hall–Kier alpha value is -3.32. The Bertz CT molecular complexity index is 1420. The average Bonchev–Trinajstić information content (AvgIpc) is 3.27. The number of rotatable bonds is 7. The van der Waals surface area contributed by atoms with Crippen molar-refractivity contribution in [2.45, 2.75) is 19.6 Å². The highest BCUT2D eigenvalue weighted by Crippen LogP contribution is 2.24. The van der Waals surface area contributed by atoms with Crippen molar-refractivity contribution in [2.24, 2.45) is 0 Å². The third kappa shape index (κ3) is 5.20. The second-order valence-electron chi connectivity index (χ2n) is 7.81. The van der Waals surface area contributed by atoms with E-state index in [0.29, 0.717) is 23.1 Å². The number of aromatic nitrogens is 3. The molecule has 0 aliphatic carbocycles. The first kappa shape index (κ1) is 21.5. The molecule has 0 N–H and O–H groups in total. The van der Waals surface area contributed by atoms with Crippen molar-refractivity contribution in [3.63, 3.8) is 0 Å². The van der Waals surface area contributed by atoms with Crippen molar-refractivity contribution in [3.8, 4) is 10.6 Å². The lowest BCUT2D eigenvalue weighted by atomic mass is 10.1. The Balaban J connectivity index is 1.45. The van der Waals surface area contributed by atoms with Gasteiger partial charge in [0.1, 0.15) is 5.01 Å². The minimum absolute atomic E-state index is 0.167. The molecule has 5 aromatic rings. The van der Waals surface area contributed by atoms with Crippen LogP contribution in [0.1, 0.15) is 16.8 Å². The molecule has 0 saturated carbocycles. The molecule has 2 aromatic heterocycles. The largest absolute Gasteiger partial charge is 0.289 e. The summed E-state index contributed by atoms with van der Waals surface area (Å²) in [6, 6.07) is 29.6. The number of nitrogens with zero attached hydrogens (tertiary/aromatic N) is 4. The third-order valence-corrected chi connectivity index (χ3v) is 6.48. The van der Waals surface area contributed by atoms with Crippen molar-refractivity contribution in [2.75, 3.05) is 0 Å². The Kier molecular flexibility index (Phi) is 6.30. The highest BCUT2D eigenvalue weighted by atomic mass is 35.5. The average molecular weight is 473 g/mol. The van der Waals surface area contributed by atoms with Gasteiger partial charge in [-0.1, -0.05) is 95.7 Å². The Labute approximate surface area is 200 Å². The maximum atomic E-state index is 12.8. The van der Waals surface area contributed by atoms with Crippen LogP contribution in [0.15, 0.2) is 95.8 Å². The first-order valence-corrected chi connectivity index (χ1v) is 11.8. The van der Waals surface area contributed by atoms with Crippen LogP contribution in [0, 0.1) is 0 Å². The van der Waals surface area contributed by atoms with Crippen LogP contribution in [0.4, 0.5) is 0 Å². The van der Waals surface area contributed by atoms with Gasteiger partial charge >= 0.3 is 0 Å². The first-order chi connectivity index (χ1) is 16.1. The van der Waals surface area contributed by atoms with Crippen LogP contribution in [0.25, 0.3) is 15.5 Å². The van der Waals surface area contributed by atoms with E-state index in [-0.39, 0.29) is 5.56 Å². The predicted octanol–water partition coefficient (Wildman–Crippen LogP) is 5.67. The van der Waals surface area contributed by atoms with Crippen molar-refractivity contribution < 1.29 is 0 Å². The zero-order valence-electron chi connectivity index (χ0n) is 17.8. The molecule has 0 spiro atoms. The molecule has 7 heteroatoms. The lowest BCUT2D eigenvalue weighted by Gasteiger charge is -2.22. The van der Waals surface area contributed by atoms with Crippen LogP contribution >= 0.6 is 22.9 Å². The maximum absolute atomic E-state index is 12.8. The van der Waals surface area contributed by atoms with E-state index in [1.165, 1.54) is 21.4 Å². The topological polar surface area (TPSA) is 50.5 Å². The summed E-state index contributed by atoms with van der Waals surface area (Å²) in [5.74, 6) is 0. The van der Waals surface area contributed by atoms with Crippen LogP contribution in [0.5, 0.6) is 0 Å². The predicted molar refractivity (Wildman–Crippen MR) is 133 cm³/mol. The summed E-state index contributed by atoms with van der Waals surface area (Å²) in [6.45, 7) is 2.00. The molecule has 5 nitrogen and oxygen atoms in total. The van der Waals surface area contributed by atoms with Crippen molar-refractivity contribution >= 4 is 27.9 Å². The lowest BCUT2D eigenvalue weighted by Crippen LogP contribution is -2.25. The van der Waals surface area contributed by atoms with Gasteiger partial charge in [0.05, 0.1) is 5.69 Å². The SMILES string of the molecule is O=c1cc(CN(Cc2ccccc2)Cc2ccc(Cl)cc2)nc2sc(-c3ccccc3)nn12. The summed E-state index contributed by atoms with van der Waals surface area (Å²) >= 11 is 7.48. The van der Waals surface area contributed by atoms with Crippen LogP contribution in [-0.2, 0) is 19.6 Å². The van der Waals surface area contributed by atoms with Gasteiger partial charge in [-0.25, -0.2) is 4.98 Å². The molecule has 3 aromatic carbocycles. The Morgan fingerprint density at radius 3 is 2.15 bits per heavy atom. The Morgan fingerprint density at radius 1 is 0.818 bits per heavy atom. The van der Waals surface area contributed by atoms with Crippen LogP contribution in [0.2, 0.25) is 5.02 Å². The molecule has 5 rings (SSSR count). The number of hydrogen-bond acceptors (Lipinski definition) is 5. The highest BCUT2D eigenvalue weighted by Gasteiger charge is 2.14. The lowest BCUT2D eigenvalue weighted by molar-refractivity contribution is 0.244. The molecule has 33 heavy (non-hydrogen) atoms. The molecule has 2 heterocycles. The number of fused-ring (bicyclic) bond motifs is 1. The zero-order valence-corrected chi connectivity index (χ0v) is 19.3. The standard InChI is InChI=1S/C26H21ClN4OS/c27-22-13-11-20(12-14-22)17-30(16-19-7-3-1-4-8-19)18-23-15-24(32)31-26(28-23)33-25(29-31)21-9-5-2-6-10-21/h1-15H,16-18H2. The molecular weight excluding hydrogens is 452 g/mol.